The van der Waals surface area contributed by atoms with Crippen molar-refractivity contribution in [2.75, 3.05) is 6.61 Å². The second-order valence-corrected chi connectivity index (χ2v) is 7.30. The van der Waals surface area contributed by atoms with Crippen LogP contribution in [0.3, 0.4) is 0 Å². The molecule has 1 aliphatic heterocycles. The van der Waals surface area contributed by atoms with Crippen LogP contribution >= 0.6 is 15.9 Å². The number of carbonyl (C=O) groups is 3. The Morgan fingerprint density at radius 1 is 0.857 bits per heavy atom. The molecule has 1 aliphatic carbocycles. The topological polar surface area (TPSA) is 101 Å². The molecule has 1 unspecified atom stereocenters. The fraction of sp³-hybridized carbons (Fsp3) is 0.0952. The third-order valence-electron chi connectivity index (χ3n) is 4.78. The molecule has 1 atom stereocenters. The van der Waals surface area contributed by atoms with Crippen LogP contribution in [-0.2, 0) is 14.3 Å². The minimum atomic E-state index is -1.15. The molecule has 1 heterocycles. The minimum absolute atomic E-state index is 0.0931. The van der Waals surface area contributed by atoms with Gasteiger partial charge in [0.05, 0.1) is 17.1 Å². The van der Waals surface area contributed by atoms with Gasteiger partial charge in [0.2, 0.25) is 11.6 Å². The van der Waals surface area contributed by atoms with Gasteiger partial charge in [-0.3, -0.25) is 9.59 Å². The van der Waals surface area contributed by atoms with E-state index >= 15 is 0 Å². The number of rotatable bonds is 3. The fourth-order valence-electron chi connectivity index (χ4n) is 3.48. The number of benzene rings is 2. The standard InChI is InChI=1S/C21H13BrO6/c22-11-7-5-10(6-8-11)15(16-14(23)9-28-21(16)27)17-18(24)12-3-1-2-4-13(12)19(25)20(17)26/h1-8,15,23-24H,9H2. The lowest BCUT2D eigenvalue weighted by molar-refractivity contribution is -0.136. The highest BCUT2D eigenvalue weighted by molar-refractivity contribution is 9.10. The highest BCUT2D eigenvalue weighted by atomic mass is 79.9. The second kappa shape index (κ2) is 6.76. The number of hydrogen-bond acceptors (Lipinski definition) is 6. The summed E-state index contributed by atoms with van der Waals surface area (Å²) in [5.41, 5.74) is 0.327. The molecule has 6 nitrogen and oxygen atoms in total. The highest BCUT2D eigenvalue weighted by Crippen LogP contribution is 2.42. The largest absolute Gasteiger partial charge is 0.508 e. The number of Topliss-reactive ketones (excluding diaryl/α,β-unsaturated/α-hetero) is 2. The van der Waals surface area contributed by atoms with Gasteiger partial charge in [-0.15, -0.1) is 0 Å². The molecule has 7 heteroatoms. The Balaban J connectivity index is 2.01. The van der Waals surface area contributed by atoms with Crippen LogP contribution in [0.1, 0.15) is 27.4 Å². The van der Waals surface area contributed by atoms with Gasteiger partial charge in [0.1, 0.15) is 18.1 Å². The van der Waals surface area contributed by atoms with Gasteiger partial charge >= 0.3 is 5.97 Å². The van der Waals surface area contributed by atoms with Crippen LogP contribution in [0, 0.1) is 0 Å². The van der Waals surface area contributed by atoms with Gasteiger partial charge in [0.15, 0.2) is 0 Å². The van der Waals surface area contributed by atoms with Crippen LogP contribution in [0.5, 0.6) is 0 Å². The summed E-state index contributed by atoms with van der Waals surface area (Å²) in [5, 5.41) is 21.1. The number of halogens is 1. The monoisotopic (exact) mass is 440 g/mol. The first-order valence-corrected chi connectivity index (χ1v) is 9.15. The van der Waals surface area contributed by atoms with Gasteiger partial charge in [-0.25, -0.2) is 4.79 Å². The predicted octanol–water partition coefficient (Wildman–Crippen LogP) is 3.64. The molecular weight excluding hydrogens is 428 g/mol. The first-order valence-electron chi connectivity index (χ1n) is 8.36. The van der Waals surface area contributed by atoms with Gasteiger partial charge < -0.3 is 14.9 Å². The molecule has 2 N–H and O–H groups in total. The highest BCUT2D eigenvalue weighted by Gasteiger charge is 2.43. The van der Waals surface area contributed by atoms with Crippen LogP contribution < -0.4 is 0 Å². The smallest absolute Gasteiger partial charge is 0.338 e. The van der Waals surface area contributed by atoms with Gasteiger partial charge in [0, 0.05) is 15.6 Å². The maximum absolute atomic E-state index is 12.9. The molecule has 0 fully saturated rings. The molecule has 28 heavy (non-hydrogen) atoms. The number of ether oxygens (including phenoxy) is 1. The number of ketones is 2. The third kappa shape index (κ3) is 2.75. The molecule has 0 aromatic heterocycles. The fourth-order valence-corrected chi connectivity index (χ4v) is 3.74. The third-order valence-corrected chi connectivity index (χ3v) is 5.31. The van der Waals surface area contributed by atoms with E-state index in [0.717, 1.165) is 4.47 Å². The average molecular weight is 441 g/mol. The summed E-state index contributed by atoms with van der Waals surface area (Å²) < 4.78 is 5.65. The molecule has 0 spiro atoms. The number of carbonyl (C=O) groups excluding carboxylic acids is 3. The van der Waals surface area contributed by atoms with E-state index in [0.29, 0.717) is 5.56 Å². The molecule has 140 valence electrons. The summed E-state index contributed by atoms with van der Waals surface area (Å²) in [7, 11) is 0. The molecule has 0 saturated heterocycles. The summed E-state index contributed by atoms with van der Waals surface area (Å²) in [4.78, 5) is 37.9. The van der Waals surface area contributed by atoms with Crippen LogP contribution in [0.2, 0.25) is 0 Å². The maximum atomic E-state index is 12.9. The number of hydrogen-bond donors (Lipinski definition) is 2. The Morgan fingerprint density at radius 3 is 2.11 bits per heavy atom. The lowest BCUT2D eigenvalue weighted by Crippen LogP contribution is -2.29. The number of fused-ring (bicyclic) bond motifs is 1. The lowest BCUT2D eigenvalue weighted by atomic mass is 9.76. The summed E-state index contributed by atoms with van der Waals surface area (Å²) in [6.07, 6.45) is 0. The van der Waals surface area contributed by atoms with Gasteiger partial charge in [-0.05, 0) is 17.7 Å². The molecule has 0 amide bonds. The average Bonchev–Trinajstić information content (AvgIpc) is 3.02. The van der Waals surface area contributed by atoms with E-state index in [4.69, 9.17) is 4.74 Å². The SMILES string of the molecule is O=C1OCC(O)=C1C(C1=C(O)c2ccccc2C(=O)C1=O)c1ccc(Br)cc1. The molecular formula is C21H13BrO6. The summed E-state index contributed by atoms with van der Waals surface area (Å²) in [6, 6.07) is 12.9. The molecule has 2 aromatic carbocycles. The van der Waals surface area contributed by atoms with Crippen molar-refractivity contribution >= 4 is 39.2 Å². The number of esters is 1. The Bertz CT molecular complexity index is 1090. The van der Waals surface area contributed by atoms with Crippen molar-refractivity contribution in [1.29, 1.82) is 0 Å². The molecule has 0 saturated carbocycles. The van der Waals surface area contributed by atoms with Gasteiger partial charge in [-0.1, -0.05) is 52.3 Å². The first kappa shape index (κ1) is 18.2. The number of aliphatic hydroxyl groups excluding tert-OH is 2. The van der Waals surface area contributed by atoms with Crippen LogP contribution in [-0.4, -0.2) is 34.4 Å². The van der Waals surface area contributed by atoms with E-state index in [-0.39, 0.29) is 34.6 Å². The van der Waals surface area contributed by atoms with Crippen LogP contribution in [0.15, 0.2) is 69.9 Å². The van der Waals surface area contributed by atoms with Crippen molar-refractivity contribution in [3.63, 3.8) is 0 Å². The van der Waals surface area contributed by atoms with Gasteiger partial charge in [-0.2, -0.15) is 0 Å². The lowest BCUT2D eigenvalue weighted by Gasteiger charge is -2.25. The number of aliphatic hydroxyl groups is 2. The molecule has 2 aliphatic rings. The maximum Gasteiger partial charge on any atom is 0.338 e. The number of allylic oxidation sites excluding steroid dienone is 1. The van der Waals surface area contributed by atoms with E-state index in [1.54, 1.807) is 36.4 Å². The van der Waals surface area contributed by atoms with E-state index < -0.39 is 29.2 Å². The predicted molar refractivity (Wildman–Crippen MR) is 103 cm³/mol. The summed E-state index contributed by atoms with van der Waals surface area (Å²) >= 11 is 3.32. The molecule has 0 radical (unpaired) electrons. The van der Waals surface area contributed by atoms with Crippen molar-refractivity contribution < 1.29 is 29.3 Å². The van der Waals surface area contributed by atoms with Crippen molar-refractivity contribution in [2.24, 2.45) is 0 Å². The van der Waals surface area contributed by atoms with E-state index in [1.165, 1.54) is 12.1 Å². The van der Waals surface area contributed by atoms with E-state index in [1.807, 2.05) is 0 Å². The zero-order chi connectivity index (χ0) is 20.0. The second-order valence-electron chi connectivity index (χ2n) is 6.39. The van der Waals surface area contributed by atoms with Crippen LogP contribution in [0.4, 0.5) is 0 Å². The Labute approximate surface area is 167 Å². The Kier molecular flexibility index (Phi) is 4.39. The van der Waals surface area contributed by atoms with Crippen LogP contribution in [0.25, 0.3) is 5.76 Å². The van der Waals surface area contributed by atoms with Crippen molar-refractivity contribution in [3.05, 3.63) is 86.6 Å². The summed E-state index contributed by atoms with van der Waals surface area (Å²) in [5.74, 6) is -4.38. The zero-order valence-corrected chi connectivity index (χ0v) is 15.9. The molecule has 0 bridgehead atoms. The molecule has 4 rings (SSSR count). The quantitative estimate of drug-likeness (QED) is 0.558. The van der Waals surface area contributed by atoms with E-state index in [2.05, 4.69) is 15.9 Å². The Hall–Kier alpha value is -3.19. The van der Waals surface area contributed by atoms with Crippen molar-refractivity contribution in [1.82, 2.24) is 0 Å². The first-order chi connectivity index (χ1) is 13.4. The molecule has 2 aromatic rings. The van der Waals surface area contributed by atoms with Crippen molar-refractivity contribution in [3.8, 4) is 0 Å². The Morgan fingerprint density at radius 2 is 1.50 bits per heavy atom. The minimum Gasteiger partial charge on any atom is -0.508 e. The summed E-state index contributed by atoms with van der Waals surface area (Å²) in [6.45, 7) is -0.325. The zero-order valence-electron chi connectivity index (χ0n) is 14.3. The van der Waals surface area contributed by atoms with Gasteiger partial charge in [0.25, 0.3) is 0 Å². The van der Waals surface area contributed by atoms with E-state index in [9.17, 15) is 24.6 Å². The number of cyclic esters (lactones) is 1. The normalized spacial score (nSPS) is 17.7. The van der Waals surface area contributed by atoms with Crippen molar-refractivity contribution in [2.45, 2.75) is 5.92 Å².